The standard InChI is InChI=1S/C11H17Br2NO2S/c1-3-15-10(16-4-2)7-14-6-8-5-9(12)11(13)17-8/h5,10,14H,3-4,6-7H2,1-2H3. The molecule has 0 spiro atoms. The van der Waals surface area contributed by atoms with Crippen LogP contribution in [0.15, 0.2) is 14.3 Å². The summed E-state index contributed by atoms with van der Waals surface area (Å²) in [6, 6.07) is 2.11. The SMILES string of the molecule is CCOC(CNCc1cc(Br)c(Br)s1)OCC. The molecule has 1 aromatic rings. The topological polar surface area (TPSA) is 30.5 Å². The Kier molecular flexibility index (Phi) is 7.90. The van der Waals surface area contributed by atoms with E-state index in [2.05, 4.69) is 43.2 Å². The van der Waals surface area contributed by atoms with Crippen LogP contribution >= 0.6 is 43.2 Å². The van der Waals surface area contributed by atoms with E-state index in [1.165, 1.54) is 4.88 Å². The van der Waals surface area contributed by atoms with Gasteiger partial charge in [-0.1, -0.05) is 0 Å². The van der Waals surface area contributed by atoms with E-state index >= 15 is 0 Å². The molecule has 0 aliphatic rings. The molecule has 0 saturated heterocycles. The molecule has 0 aliphatic carbocycles. The zero-order chi connectivity index (χ0) is 12.7. The molecule has 0 saturated carbocycles. The Labute approximate surface area is 123 Å². The molecule has 0 amide bonds. The van der Waals surface area contributed by atoms with E-state index in [-0.39, 0.29) is 6.29 Å². The van der Waals surface area contributed by atoms with Crippen LogP contribution in [0.3, 0.4) is 0 Å². The molecule has 1 rings (SSSR count). The van der Waals surface area contributed by atoms with E-state index in [1.807, 2.05) is 13.8 Å². The molecule has 0 radical (unpaired) electrons. The second-order valence-electron chi connectivity index (χ2n) is 3.31. The lowest BCUT2D eigenvalue weighted by Crippen LogP contribution is -2.31. The first kappa shape index (κ1) is 15.6. The summed E-state index contributed by atoms with van der Waals surface area (Å²) in [6.07, 6.45) is -0.156. The van der Waals surface area contributed by atoms with Gasteiger partial charge < -0.3 is 14.8 Å². The average Bonchev–Trinajstić information content (AvgIpc) is 2.59. The molecule has 0 bridgehead atoms. The van der Waals surface area contributed by atoms with Crippen molar-refractivity contribution in [1.82, 2.24) is 5.32 Å². The van der Waals surface area contributed by atoms with Gasteiger partial charge in [-0.2, -0.15) is 0 Å². The third kappa shape index (κ3) is 5.81. The molecule has 0 unspecified atom stereocenters. The Morgan fingerprint density at radius 3 is 2.41 bits per heavy atom. The van der Waals surface area contributed by atoms with Gasteiger partial charge in [-0.05, 0) is 51.8 Å². The Hall–Kier alpha value is 0.540. The first-order valence-electron chi connectivity index (χ1n) is 5.55. The summed E-state index contributed by atoms with van der Waals surface area (Å²) >= 11 is 8.67. The van der Waals surface area contributed by atoms with Gasteiger partial charge >= 0.3 is 0 Å². The van der Waals surface area contributed by atoms with Crippen molar-refractivity contribution in [3.05, 3.63) is 19.2 Å². The summed E-state index contributed by atoms with van der Waals surface area (Å²) in [5.74, 6) is 0. The Morgan fingerprint density at radius 1 is 1.29 bits per heavy atom. The van der Waals surface area contributed by atoms with Gasteiger partial charge in [-0.25, -0.2) is 0 Å². The van der Waals surface area contributed by atoms with Crippen LogP contribution in [0.1, 0.15) is 18.7 Å². The van der Waals surface area contributed by atoms with Crippen LogP contribution in [-0.2, 0) is 16.0 Å². The monoisotopic (exact) mass is 385 g/mol. The highest BCUT2D eigenvalue weighted by Crippen LogP contribution is 2.32. The maximum absolute atomic E-state index is 5.45. The summed E-state index contributed by atoms with van der Waals surface area (Å²) < 4.78 is 13.1. The molecule has 0 fully saturated rings. The highest BCUT2D eigenvalue weighted by Gasteiger charge is 2.08. The molecular weight excluding hydrogens is 370 g/mol. The highest BCUT2D eigenvalue weighted by atomic mass is 79.9. The van der Waals surface area contributed by atoms with E-state index in [4.69, 9.17) is 9.47 Å². The van der Waals surface area contributed by atoms with Gasteiger partial charge in [0, 0.05) is 35.7 Å². The molecule has 98 valence electrons. The zero-order valence-corrected chi connectivity index (χ0v) is 14.0. The summed E-state index contributed by atoms with van der Waals surface area (Å²) in [4.78, 5) is 1.27. The highest BCUT2D eigenvalue weighted by molar-refractivity contribution is 9.13. The fourth-order valence-corrected chi connectivity index (χ4v) is 3.48. The van der Waals surface area contributed by atoms with Gasteiger partial charge in [0.05, 0.1) is 3.79 Å². The van der Waals surface area contributed by atoms with E-state index in [0.717, 1.165) is 14.8 Å². The minimum Gasteiger partial charge on any atom is -0.352 e. The fraction of sp³-hybridized carbons (Fsp3) is 0.636. The van der Waals surface area contributed by atoms with Crippen LogP contribution in [0, 0.1) is 0 Å². The van der Waals surface area contributed by atoms with Crippen molar-refractivity contribution < 1.29 is 9.47 Å². The lowest BCUT2D eigenvalue weighted by Gasteiger charge is -2.17. The van der Waals surface area contributed by atoms with Gasteiger partial charge in [-0.3, -0.25) is 0 Å². The van der Waals surface area contributed by atoms with Crippen molar-refractivity contribution in [2.45, 2.75) is 26.7 Å². The van der Waals surface area contributed by atoms with Crippen molar-refractivity contribution in [3.8, 4) is 0 Å². The summed E-state index contributed by atoms with van der Waals surface area (Å²) in [5.41, 5.74) is 0. The fourth-order valence-electron chi connectivity index (χ4n) is 1.33. The van der Waals surface area contributed by atoms with Crippen LogP contribution in [0.5, 0.6) is 0 Å². The summed E-state index contributed by atoms with van der Waals surface area (Å²) in [5, 5.41) is 3.33. The molecule has 17 heavy (non-hydrogen) atoms. The second-order valence-corrected chi connectivity index (χ2v) is 6.61. The normalized spacial score (nSPS) is 11.4. The maximum atomic E-state index is 5.45. The Balaban J connectivity index is 2.30. The number of hydrogen-bond donors (Lipinski definition) is 1. The minimum absolute atomic E-state index is 0.156. The van der Waals surface area contributed by atoms with Gasteiger partial charge in [-0.15, -0.1) is 11.3 Å². The van der Waals surface area contributed by atoms with Crippen molar-refractivity contribution in [3.63, 3.8) is 0 Å². The van der Waals surface area contributed by atoms with Crippen LogP contribution in [0.2, 0.25) is 0 Å². The van der Waals surface area contributed by atoms with Crippen LogP contribution in [-0.4, -0.2) is 26.0 Å². The maximum Gasteiger partial charge on any atom is 0.169 e. The number of rotatable bonds is 8. The lowest BCUT2D eigenvalue weighted by atomic mass is 10.4. The predicted octanol–water partition coefficient (Wildman–Crippen LogP) is 3.76. The smallest absolute Gasteiger partial charge is 0.169 e. The summed E-state index contributed by atoms with van der Waals surface area (Å²) in [6.45, 7) is 6.81. The largest absolute Gasteiger partial charge is 0.352 e. The molecule has 1 heterocycles. The van der Waals surface area contributed by atoms with Crippen molar-refractivity contribution in [1.29, 1.82) is 0 Å². The van der Waals surface area contributed by atoms with E-state index in [0.29, 0.717) is 19.8 Å². The van der Waals surface area contributed by atoms with Gasteiger partial charge in [0.2, 0.25) is 0 Å². The van der Waals surface area contributed by atoms with Crippen molar-refractivity contribution in [2.75, 3.05) is 19.8 Å². The summed E-state index contributed by atoms with van der Waals surface area (Å²) in [7, 11) is 0. The molecule has 0 aliphatic heterocycles. The van der Waals surface area contributed by atoms with Gasteiger partial charge in [0.25, 0.3) is 0 Å². The van der Waals surface area contributed by atoms with Gasteiger partial charge in [0.1, 0.15) is 0 Å². The average molecular weight is 387 g/mol. The predicted molar refractivity (Wildman–Crippen MR) is 78.5 cm³/mol. The number of thiophene rings is 1. The van der Waals surface area contributed by atoms with Crippen molar-refractivity contribution in [2.24, 2.45) is 0 Å². The van der Waals surface area contributed by atoms with Crippen molar-refractivity contribution >= 4 is 43.2 Å². The molecule has 3 nitrogen and oxygen atoms in total. The molecule has 0 atom stereocenters. The van der Waals surface area contributed by atoms with E-state index in [1.54, 1.807) is 11.3 Å². The quantitative estimate of drug-likeness (QED) is 0.690. The Bertz CT molecular complexity index is 308. The van der Waals surface area contributed by atoms with Crippen LogP contribution < -0.4 is 5.32 Å². The number of ether oxygens (including phenoxy) is 2. The first-order valence-corrected chi connectivity index (χ1v) is 7.95. The molecule has 1 aromatic heterocycles. The van der Waals surface area contributed by atoms with Crippen LogP contribution in [0.4, 0.5) is 0 Å². The first-order chi connectivity index (χ1) is 8.17. The zero-order valence-electron chi connectivity index (χ0n) is 9.96. The third-order valence-electron chi connectivity index (χ3n) is 2.01. The molecule has 1 N–H and O–H groups in total. The van der Waals surface area contributed by atoms with E-state index < -0.39 is 0 Å². The van der Waals surface area contributed by atoms with Crippen LogP contribution in [0.25, 0.3) is 0 Å². The second kappa shape index (κ2) is 8.61. The number of hydrogen-bond acceptors (Lipinski definition) is 4. The Morgan fingerprint density at radius 2 is 1.94 bits per heavy atom. The molecule has 6 heteroatoms. The van der Waals surface area contributed by atoms with Gasteiger partial charge in [0.15, 0.2) is 6.29 Å². The molecular formula is C11H17Br2NO2S. The minimum atomic E-state index is -0.156. The molecule has 0 aromatic carbocycles. The van der Waals surface area contributed by atoms with E-state index in [9.17, 15) is 0 Å². The third-order valence-corrected chi connectivity index (χ3v) is 5.27. The number of nitrogens with one attached hydrogen (secondary N) is 1. The lowest BCUT2D eigenvalue weighted by molar-refractivity contribution is -0.133. The number of halogens is 2.